The number of quaternary nitrogens is 1. The summed E-state index contributed by atoms with van der Waals surface area (Å²) in [7, 11) is 1.15. The van der Waals surface area contributed by atoms with Crippen LogP contribution in [0.5, 0.6) is 0 Å². The van der Waals surface area contributed by atoms with Crippen LogP contribution in [-0.2, 0) is 32.7 Å². The fourth-order valence-electron chi connectivity index (χ4n) is 6.69. The Kier molecular flexibility index (Phi) is 44.3. The fourth-order valence-corrected chi connectivity index (χ4v) is 7.42. The van der Waals surface area contributed by atoms with Crippen molar-refractivity contribution in [1.29, 1.82) is 0 Å². The topological polar surface area (TPSA) is 111 Å². The lowest BCUT2D eigenvalue weighted by Crippen LogP contribution is -2.37. The molecule has 374 valence electrons. The number of phosphoric acid groups is 1. The highest BCUT2D eigenvalue weighted by molar-refractivity contribution is 7.45. The minimum absolute atomic E-state index is 0.0347. The Morgan fingerprint density at radius 3 is 1.31 bits per heavy atom. The van der Waals surface area contributed by atoms with Gasteiger partial charge in [-0.05, 0) is 70.6 Å². The van der Waals surface area contributed by atoms with Crippen molar-refractivity contribution < 1.29 is 42.1 Å². The molecule has 0 aromatic rings. The van der Waals surface area contributed by atoms with Crippen LogP contribution in [0.4, 0.5) is 0 Å². The molecule has 0 spiro atoms. The number of hydrogen-bond acceptors (Lipinski definition) is 8. The average Bonchev–Trinajstić information content (AvgIpc) is 3.26. The second-order valence-corrected chi connectivity index (χ2v) is 19.6. The molecule has 0 radical (unpaired) electrons. The molecular formula is C55H96NO8P. The first-order valence-corrected chi connectivity index (χ1v) is 27.3. The maximum atomic E-state index is 12.7. The Balaban J connectivity index is 4.15. The first-order valence-electron chi connectivity index (χ1n) is 25.8. The maximum absolute atomic E-state index is 12.7. The van der Waals surface area contributed by atoms with E-state index in [4.69, 9.17) is 18.5 Å². The van der Waals surface area contributed by atoms with Gasteiger partial charge in [0.25, 0.3) is 7.82 Å². The molecule has 0 fully saturated rings. The van der Waals surface area contributed by atoms with Crippen molar-refractivity contribution in [3.63, 3.8) is 0 Å². The largest absolute Gasteiger partial charge is 0.756 e. The van der Waals surface area contributed by atoms with Crippen LogP contribution in [0.15, 0.2) is 85.1 Å². The number of ether oxygens (including phenoxy) is 2. The number of unbranched alkanes of at least 4 members (excludes halogenated alkanes) is 18. The number of carbonyl (C=O) groups excluding carboxylic acids is 2. The summed E-state index contributed by atoms with van der Waals surface area (Å²) >= 11 is 0. The van der Waals surface area contributed by atoms with E-state index in [1.165, 1.54) is 77.0 Å². The predicted molar refractivity (Wildman–Crippen MR) is 272 cm³/mol. The molecule has 0 saturated carbocycles. The van der Waals surface area contributed by atoms with Gasteiger partial charge in [-0.1, -0.05) is 202 Å². The van der Waals surface area contributed by atoms with E-state index in [1.54, 1.807) is 0 Å². The normalized spacial score (nSPS) is 14.1. The Morgan fingerprint density at radius 2 is 0.877 bits per heavy atom. The van der Waals surface area contributed by atoms with Gasteiger partial charge >= 0.3 is 11.9 Å². The standard InChI is InChI=1S/C55H96NO8P/c1-6-8-10-12-14-16-18-19-20-21-22-23-24-25-26-27-28-29-30-31-32-33-34-35-36-37-38-40-42-44-46-48-55(58)64-53(52-63-65(59,60)62-50-49-56(3,4)5)51-61-54(57)47-45-43-41-39-17-15-13-11-9-7-2/h8,10,14,16,19-20,22-23,25-26,28-29,31-32,53H,6-7,9,11-13,15,17-18,21,24,27,30,33-52H2,1-5H3/b10-8-,16-14-,20-19-,23-22-,26-25-,29-28-,32-31-. The Bertz CT molecular complexity index is 1380. The first-order chi connectivity index (χ1) is 31.5. The molecule has 0 saturated heterocycles. The van der Waals surface area contributed by atoms with Gasteiger partial charge in [0.1, 0.15) is 19.8 Å². The van der Waals surface area contributed by atoms with E-state index in [9.17, 15) is 19.0 Å². The van der Waals surface area contributed by atoms with E-state index in [1.807, 2.05) is 21.1 Å². The van der Waals surface area contributed by atoms with Gasteiger partial charge in [-0.15, -0.1) is 0 Å². The lowest BCUT2D eigenvalue weighted by molar-refractivity contribution is -0.870. The minimum atomic E-state index is -4.63. The van der Waals surface area contributed by atoms with E-state index < -0.39 is 26.5 Å². The van der Waals surface area contributed by atoms with Crippen LogP contribution < -0.4 is 4.89 Å². The van der Waals surface area contributed by atoms with Crippen molar-refractivity contribution in [2.45, 2.75) is 206 Å². The van der Waals surface area contributed by atoms with Crippen molar-refractivity contribution in [2.75, 3.05) is 47.5 Å². The number of esters is 2. The van der Waals surface area contributed by atoms with E-state index in [0.717, 1.165) is 89.9 Å². The summed E-state index contributed by atoms with van der Waals surface area (Å²) < 4.78 is 33.9. The first kappa shape index (κ1) is 62.2. The van der Waals surface area contributed by atoms with Crippen molar-refractivity contribution >= 4 is 19.8 Å². The van der Waals surface area contributed by atoms with Gasteiger partial charge in [0.05, 0.1) is 27.7 Å². The molecule has 0 aliphatic heterocycles. The fraction of sp³-hybridized carbons (Fsp3) is 0.709. The quantitative estimate of drug-likeness (QED) is 0.0195. The lowest BCUT2D eigenvalue weighted by Gasteiger charge is -2.28. The lowest BCUT2D eigenvalue weighted by atomic mass is 10.1. The van der Waals surface area contributed by atoms with Gasteiger partial charge in [-0.25, -0.2) is 0 Å². The van der Waals surface area contributed by atoms with E-state index in [2.05, 4.69) is 98.9 Å². The van der Waals surface area contributed by atoms with E-state index in [0.29, 0.717) is 17.4 Å². The Labute approximate surface area is 399 Å². The zero-order valence-electron chi connectivity index (χ0n) is 42.2. The zero-order valence-corrected chi connectivity index (χ0v) is 43.0. The molecule has 0 aromatic carbocycles. The molecule has 9 nitrogen and oxygen atoms in total. The maximum Gasteiger partial charge on any atom is 0.306 e. The molecule has 0 heterocycles. The Morgan fingerprint density at radius 1 is 0.492 bits per heavy atom. The van der Waals surface area contributed by atoms with Crippen LogP contribution in [0.3, 0.4) is 0 Å². The average molecular weight is 930 g/mol. The molecule has 2 atom stereocenters. The number of likely N-dealkylation sites (N-methyl/N-ethyl adjacent to an activating group) is 1. The van der Waals surface area contributed by atoms with Crippen molar-refractivity contribution in [3.05, 3.63) is 85.1 Å². The molecule has 0 aliphatic rings. The summed E-state index contributed by atoms with van der Waals surface area (Å²) in [5, 5.41) is 0. The van der Waals surface area contributed by atoms with Gasteiger partial charge in [0, 0.05) is 12.8 Å². The Hall–Kier alpha value is -2.81. The highest BCUT2D eigenvalue weighted by atomic mass is 31.2. The molecular weight excluding hydrogens is 834 g/mol. The van der Waals surface area contributed by atoms with Crippen molar-refractivity contribution in [3.8, 4) is 0 Å². The molecule has 65 heavy (non-hydrogen) atoms. The minimum Gasteiger partial charge on any atom is -0.756 e. The van der Waals surface area contributed by atoms with Crippen LogP contribution >= 0.6 is 7.82 Å². The monoisotopic (exact) mass is 930 g/mol. The summed E-state index contributed by atoms with van der Waals surface area (Å²) in [6.45, 7) is 4.09. The highest BCUT2D eigenvalue weighted by Crippen LogP contribution is 2.38. The number of nitrogens with zero attached hydrogens (tertiary/aromatic N) is 1. The summed E-state index contributed by atoms with van der Waals surface area (Å²) in [6.07, 6.45) is 60.5. The van der Waals surface area contributed by atoms with Crippen LogP contribution in [0.2, 0.25) is 0 Å². The van der Waals surface area contributed by atoms with Crippen LogP contribution in [-0.4, -0.2) is 70.0 Å². The summed E-state index contributed by atoms with van der Waals surface area (Å²) in [4.78, 5) is 37.6. The molecule has 0 rings (SSSR count). The molecule has 2 unspecified atom stereocenters. The third-order valence-electron chi connectivity index (χ3n) is 10.7. The van der Waals surface area contributed by atoms with Gasteiger partial charge in [-0.3, -0.25) is 14.2 Å². The van der Waals surface area contributed by atoms with Crippen molar-refractivity contribution in [1.82, 2.24) is 0 Å². The molecule has 0 N–H and O–H groups in total. The third-order valence-corrected chi connectivity index (χ3v) is 11.6. The number of rotatable bonds is 46. The molecule has 0 bridgehead atoms. The zero-order chi connectivity index (χ0) is 47.8. The molecule has 0 amide bonds. The van der Waals surface area contributed by atoms with Gasteiger partial charge < -0.3 is 27.9 Å². The van der Waals surface area contributed by atoms with Crippen molar-refractivity contribution in [2.24, 2.45) is 0 Å². The van der Waals surface area contributed by atoms with Gasteiger partial charge in [-0.2, -0.15) is 0 Å². The number of hydrogen-bond donors (Lipinski definition) is 0. The van der Waals surface area contributed by atoms with E-state index in [-0.39, 0.29) is 32.0 Å². The van der Waals surface area contributed by atoms with Gasteiger partial charge in [0.2, 0.25) is 0 Å². The third kappa shape index (κ3) is 50.4. The van der Waals surface area contributed by atoms with Crippen LogP contribution in [0, 0.1) is 0 Å². The molecule has 0 aliphatic carbocycles. The predicted octanol–water partition coefficient (Wildman–Crippen LogP) is 14.9. The second-order valence-electron chi connectivity index (χ2n) is 18.2. The van der Waals surface area contributed by atoms with E-state index >= 15 is 0 Å². The molecule has 10 heteroatoms. The summed E-state index contributed by atoms with van der Waals surface area (Å²) in [6, 6.07) is 0. The van der Waals surface area contributed by atoms with Crippen LogP contribution in [0.1, 0.15) is 200 Å². The SMILES string of the molecule is CC/C=C\C/C=C\C/C=C\C/C=C\C/C=C\C/C=C\C/C=C\CCCCCCCCCCCC(=O)OC(COC(=O)CCCCCCCCCCCC)COP(=O)([O-])OCC[N+](C)(C)C. The smallest absolute Gasteiger partial charge is 0.306 e. The summed E-state index contributed by atoms with van der Waals surface area (Å²) in [5.74, 6) is -0.845. The number of phosphoric ester groups is 1. The van der Waals surface area contributed by atoms with Crippen LogP contribution in [0.25, 0.3) is 0 Å². The number of allylic oxidation sites excluding steroid dienone is 14. The second kappa shape index (κ2) is 46.3. The highest BCUT2D eigenvalue weighted by Gasteiger charge is 2.21. The number of carbonyl (C=O) groups is 2. The van der Waals surface area contributed by atoms with Gasteiger partial charge in [0.15, 0.2) is 6.10 Å². The molecule has 0 aromatic heterocycles. The summed E-state index contributed by atoms with van der Waals surface area (Å²) in [5.41, 5.74) is 0.